The van der Waals surface area contributed by atoms with E-state index in [0.717, 1.165) is 50.7 Å². The summed E-state index contributed by atoms with van der Waals surface area (Å²) in [5, 5.41) is 9.48. The Labute approximate surface area is 150 Å². The molecule has 0 amide bonds. The number of hydrogen-bond donors (Lipinski definition) is 1. The average molecular weight is 342 g/mol. The minimum Gasteiger partial charge on any atom is -0.396 e. The number of nitrogens with zero attached hydrogens (tertiary/aromatic N) is 4. The van der Waals surface area contributed by atoms with Crippen LogP contribution in [-0.4, -0.2) is 47.9 Å². The Balaban J connectivity index is 1.50. The first-order chi connectivity index (χ1) is 12.3. The van der Waals surface area contributed by atoms with Crippen molar-refractivity contribution in [1.29, 1.82) is 0 Å². The maximum Gasteiger partial charge on any atom is 0.134 e. The van der Waals surface area contributed by atoms with E-state index in [9.17, 15) is 5.11 Å². The van der Waals surface area contributed by atoms with Crippen LogP contribution in [0.15, 0.2) is 24.5 Å². The first kappa shape index (κ1) is 16.8. The van der Waals surface area contributed by atoms with Crippen molar-refractivity contribution in [3.63, 3.8) is 0 Å². The van der Waals surface area contributed by atoms with E-state index in [4.69, 9.17) is 0 Å². The molecule has 0 unspecified atom stereocenters. The molecular weight excluding hydrogens is 312 g/mol. The lowest BCUT2D eigenvalue weighted by Crippen LogP contribution is -2.44. The summed E-state index contributed by atoms with van der Waals surface area (Å²) in [5.74, 6) is 2.47. The van der Waals surface area contributed by atoms with Gasteiger partial charge in [-0.15, -0.1) is 0 Å². The summed E-state index contributed by atoms with van der Waals surface area (Å²) >= 11 is 0. The van der Waals surface area contributed by atoms with Gasteiger partial charge in [-0.25, -0.2) is 9.97 Å². The van der Waals surface area contributed by atoms with Gasteiger partial charge in [0.05, 0.1) is 0 Å². The highest BCUT2D eigenvalue weighted by Gasteiger charge is 2.35. The molecule has 5 heteroatoms. The SMILES string of the molecule is OC[C@H]1CCCN(c2cc(N3CCC[C@]4(CC=CCC4)C3)ncn2)C1. The highest BCUT2D eigenvalue weighted by Crippen LogP contribution is 2.41. The van der Waals surface area contributed by atoms with E-state index in [1.807, 2.05) is 0 Å². The molecule has 3 heterocycles. The molecule has 0 radical (unpaired) electrons. The second-order valence-corrected chi connectivity index (χ2v) is 8.11. The number of anilines is 2. The Morgan fingerprint density at radius 2 is 1.92 bits per heavy atom. The van der Waals surface area contributed by atoms with Crippen molar-refractivity contribution in [2.75, 3.05) is 42.6 Å². The Morgan fingerprint density at radius 1 is 1.08 bits per heavy atom. The van der Waals surface area contributed by atoms with Gasteiger partial charge >= 0.3 is 0 Å². The van der Waals surface area contributed by atoms with E-state index in [1.54, 1.807) is 6.33 Å². The second-order valence-electron chi connectivity index (χ2n) is 8.11. The van der Waals surface area contributed by atoms with Crippen LogP contribution in [-0.2, 0) is 0 Å². The maximum absolute atomic E-state index is 9.48. The molecule has 1 aromatic rings. The number of aromatic nitrogens is 2. The third-order valence-electron chi connectivity index (χ3n) is 6.28. The van der Waals surface area contributed by atoms with Gasteiger partial charge in [-0.1, -0.05) is 12.2 Å². The van der Waals surface area contributed by atoms with Gasteiger partial charge in [0, 0.05) is 38.9 Å². The van der Waals surface area contributed by atoms with Crippen molar-refractivity contribution in [2.45, 2.75) is 44.9 Å². The van der Waals surface area contributed by atoms with Crippen molar-refractivity contribution in [2.24, 2.45) is 11.3 Å². The fourth-order valence-electron chi connectivity index (χ4n) is 4.82. The zero-order chi connectivity index (χ0) is 17.1. The normalized spacial score (nSPS) is 30.0. The summed E-state index contributed by atoms with van der Waals surface area (Å²) in [6.07, 6.45) is 15.0. The van der Waals surface area contributed by atoms with Crippen LogP contribution < -0.4 is 9.80 Å². The van der Waals surface area contributed by atoms with Crippen molar-refractivity contribution in [3.05, 3.63) is 24.5 Å². The minimum atomic E-state index is 0.274. The Kier molecular flexibility index (Phi) is 4.93. The van der Waals surface area contributed by atoms with E-state index in [0.29, 0.717) is 11.3 Å². The molecule has 2 fully saturated rings. The number of piperidine rings is 2. The number of hydrogen-bond acceptors (Lipinski definition) is 5. The molecule has 1 aromatic heterocycles. The molecule has 4 rings (SSSR count). The van der Waals surface area contributed by atoms with Crippen LogP contribution in [0.1, 0.15) is 44.9 Å². The van der Waals surface area contributed by atoms with Crippen LogP contribution in [0.2, 0.25) is 0 Å². The Bertz CT molecular complexity index is 619. The lowest BCUT2D eigenvalue weighted by Gasteiger charge is -2.44. The van der Waals surface area contributed by atoms with Crippen LogP contribution in [0.25, 0.3) is 0 Å². The predicted molar refractivity (Wildman–Crippen MR) is 101 cm³/mol. The number of rotatable bonds is 3. The highest BCUT2D eigenvalue weighted by atomic mass is 16.3. The maximum atomic E-state index is 9.48. The molecule has 1 spiro atoms. The van der Waals surface area contributed by atoms with Crippen LogP contribution >= 0.6 is 0 Å². The highest BCUT2D eigenvalue weighted by molar-refractivity contribution is 5.51. The van der Waals surface area contributed by atoms with E-state index in [-0.39, 0.29) is 6.61 Å². The number of allylic oxidation sites excluding steroid dienone is 2. The fourth-order valence-corrected chi connectivity index (χ4v) is 4.82. The van der Waals surface area contributed by atoms with Crippen molar-refractivity contribution >= 4 is 11.6 Å². The van der Waals surface area contributed by atoms with E-state index in [1.165, 1.54) is 32.1 Å². The van der Waals surface area contributed by atoms with Crippen LogP contribution in [0.3, 0.4) is 0 Å². The summed E-state index contributed by atoms with van der Waals surface area (Å²) in [7, 11) is 0. The summed E-state index contributed by atoms with van der Waals surface area (Å²) in [6, 6.07) is 2.16. The summed E-state index contributed by atoms with van der Waals surface area (Å²) in [5.41, 5.74) is 0.450. The van der Waals surface area contributed by atoms with Gasteiger partial charge < -0.3 is 14.9 Å². The molecule has 3 aliphatic rings. The first-order valence-corrected chi connectivity index (χ1v) is 9.86. The van der Waals surface area contributed by atoms with Gasteiger partial charge in [-0.3, -0.25) is 0 Å². The third-order valence-corrected chi connectivity index (χ3v) is 6.28. The quantitative estimate of drug-likeness (QED) is 0.856. The second kappa shape index (κ2) is 7.32. The molecule has 2 atom stereocenters. The molecule has 0 aromatic carbocycles. The predicted octanol–water partition coefficient (Wildman–Crippen LogP) is 3.01. The third kappa shape index (κ3) is 3.66. The first-order valence-electron chi connectivity index (χ1n) is 9.86. The molecule has 0 bridgehead atoms. The number of aliphatic hydroxyl groups excluding tert-OH is 1. The Hall–Kier alpha value is -1.62. The smallest absolute Gasteiger partial charge is 0.134 e. The van der Waals surface area contributed by atoms with Gasteiger partial charge in [-0.2, -0.15) is 0 Å². The lowest BCUT2D eigenvalue weighted by molar-refractivity contribution is 0.208. The van der Waals surface area contributed by atoms with Crippen molar-refractivity contribution in [1.82, 2.24) is 9.97 Å². The lowest BCUT2D eigenvalue weighted by atomic mass is 9.71. The average Bonchev–Trinajstić information content (AvgIpc) is 2.69. The van der Waals surface area contributed by atoms with Crippen molar-refractivity contribution < 1.29 is 5.11 Å². The van der Waals surface area contributed by atoms with Gasteiger partial charge in [0.25, 0.3) is 0 Å². The number of aliphatic hydroxyl groups is 1. The zero-order valence-corrected chi connectivity index (χ0v) is 15.1. The molecule has 2 aliphatic heterocycles. The van der Waals surface area contributed by atoms with Gasteiger partial charge in [0.15, 0.2) is 0 Å². The van der Waals surface area contributed by atoms with Crippen LogP contribution in [0.4, 0.5) is 11.6 Å². The van der Waals surface area contributed by atoms with E-state index >= 15 is 0 Å². The van der Waals surface area contributed by atoms with Crippen LogP contribution in [0, 0.1) is 11.3 Å². The van der Waals surface area contributed by atoms with E-state index < -0.39 is 0 Å². The zero-order valence-electron chi connectivity index (χ0n) is 15.1. The fraction of sp³-hybridized carbons (Fsp3) is 0.700. The molecule has 2 saturated heterocycles. The van der Waals surface area contributed by atoms with Gasteiger partial charge in [0.1, 0.15) is 18.0 Å². The molecule has 5 nitrogen and oxygen atoms in total. The summed E-state index contributed by atoms with van der Waals surface area (Å²) in [6.45, 7) is 4.42. The Morgan fingerprint density at radius 3 is 2.72 bits per heavy atom. The molecular formula is C20H30N4O. The van der Waals surface area contributed by atoms with E-state index in [2.05, 4.69) is 38.0 Å². The summed E-state index contributed by atoms with van der Waals surface area (Å²) in [4.78, 5) is 13.9. The van der Waals surface area contributed by atoms with Crippen molar-refractivity contribution in [3.8, 4) is 0 Å². The monoisotopic (exact) mass is 342 g/mol. The van der Waals surface area contributed by atoms with Gasteiger partial charge in [-0.05, 0) is 56.3 Å². The topological polar surface area (TPSA) is 52.5 Å². The minimum absolute atomic E-state index is 0.274. The standard InChI is InChI=1S/C20H30N4O/c25-14-17-6-4-10-23(13-17)18-12-19(22-16-21-18)24-11-5-9-20(15-24)7-2-1-3-8-20/h1-2,12,16-17,25H,3-11,13-15H2/t17-,20+/m0/s1. The molecule has 25 heavy (non-hydrogen) atoms. The summed E-state index contributed by atoms with van der Waals surface area (Å²) < 4.78 is 0. The largest absolute Gasteiger partial charge is 0.396 e. The van der Waals surface area contributed by atoms with Gasteiger partial charge in [0.2, 0.25) is 0 Å². The molecule has 1 aliphatic carbocycles. The molecule has 1 N–H and O–H groups in total. The van der Waals surface area contributed by atoms with Crippen LogP contribution in [0.5, 0.6) is 0 Å². The molecule has 136 valence electrons. The molecule has 0 saturated carbocycles.